The van der Waals surface area contributed by atoms with Crippen molar-refractivity contribution in [3.05, 3.63) is 121 Å². The zero-order chi connectivity index (χ0) is 81.4. The number of carbonyl (C=O) groups is 14. The Hall–Kier alpha value is -11.7. The van der Waals surface area contributed by atoms with Crippen LogP contribution in [0.2, 0.25) is 0 Å². The average Bonchev–Trinajstić information content (AvgIpc) is 1.62. The Labute approximate surface area is 650 Å². The van der Waals surface area contributed by atoms with Crippen LogP contribution in [0.25, 0.3) is 22.0 Å². The van der Waals surface area contributed by atoms with Crippen LogP contribution in [0.15, 0.2) is 104 Å². The Morgan fingerprint density at radius 3 is 1.64 bits per heavy atom. The van der Waals surface area contributed by atoms with Gasteiger partial charge in [-0.25, -0.2) is 4.79 Å². The highest BCUT2D eigenvalue weighted by molar-refractivity contribution is 7.80. The molecule has 600 valence electrons. The minimum atomic E-state index is -1.95. The Balaban J connectivity index is 1.08. The minimum Gasteiger partial charge on any atom is -0.481 e. The molecule has 1 saturated heterocycles. The highest BCUT2D eigenvalue weighted by Gasteiger charge is 2.42. The van der Waals surface area contributed by atoms with Gasteiger partial charge < -0.3 is 111 Å². The Bertz CT molecular complexity index is 3990. The fourth-order valence-electron chi connectivity index (χ4n) is 12.4. The summed E-state index contributed by atoms with van der Waals surface area (Å²) in [5.74, 6) is -14.4. The number of amides is 13. The molecule has 24 N–H and O–H groups in total. The SMILES string of the molecule is C=CC[C@H](NC(=O)CNC(=O)OCC1c2ccccc2-c2ccccc21)C(=O)N[C@@H](CCS)C(=O)N[C@@H](CO)C(=O)N[C@@H](CC(=O)O)C(=O)N1CCCC1C(=O)N[C@@H](CCCNC(=N)N)C(=O)N[C@@H](CC=C)C(=O)N[C@@H](C)C(=O)N[C@@H](Cc1cc2ccccc2[nH]1)C(=O)N[C@@H](CCCNC(=N)N)C(=O)N[C@@H](CS)C(N)=O. The predicted octanol–water partition coefficient (Wildman–Crippen LogP) is -3.01. The minimum absolute atomic E-state index is 0.00457. The number of alkyl carbamates (subject to hydrolysis) is 1. The number of likely N-dealkylation sites (tertiary alicyclic amines) is 1. The molecular formula is C72H98N20O17S2. The maximum absolute atomic E-state index is 14.5. The highest BCUT2D eigenvalue weighted by atomic mass is 32.1. The first-order valence-corrected chi connectivity index (χ1v) is 37.0. The Morgan fingerprint density at radius 1 is 0.604 bits per heavy atom. The van der Waals surface area contributed by atoms with E-state index in [1.165, 1.54) is 19.1 Å². The molecule has 1 unspecified atom stereocenters. The summed E-state index contributed by atoms with van der Waals surface area (Å²) in [7, 11) is 0. The lowest BCUT2D eigenvalue weighted by molar-refractivity contribution is -0.146. The number of ether oxygens (including phenoxy) is 1. The zero-order valence-corrected chi connectivity index (χ0v) is 62.8. The van der Waals surface area contributed by atoms with E-state index in [9.17, 15) is 77.3 Å². The van der Waals surface area contributed by atoms with Gasteiger partial charge in [-0.1, -0.05) is 78.9 Å². The summed E-state index contributed by atoms with van der Waals surface area (Å²) >= 11 is 8.29. The van der Waals surface area contributed by atoms with Crippen molar-refractivity contribution in [3.63, 3.8) is 0 Å². The average molecular weight is 1580 g/mol. The number of aromatic nitrogens is 1. The Morgan fingerprint density at radius 2 is 1.09 bits per heavy atom. The third-order valence-corrected chi connectivity index (χ3v) is 18.6. The number of hydrogen-bond donors (Lipinski definition) is 23. The second-order valence-corrected chi connectivity index (χ2v) is 27.0. The van der Waals surface area contributed by atoms with Gasteiger partial charge in [0.2, 0.25) is 70.9 Å². The van der Waals surface area contributed by atoms with E-state index in [1.54, 1.807) is 30.3 Å². The third kappa shape index (κ3) is 26.8. The molecular weight excluding hydrogens is 1480 g/mol. The topological polar surface area (TPSA) is 590 Å². The van der Waals surface area contributed by atoms with Gasteiger partial charge in [0, 0.05) is 48.9 Å². The number of H-pyrrole nitrogens is 1. The molecule has 4 aromatic rings. The zero-order valence-electron chi connectivity index (χ0n) is 61.0. The molecule has 13 amide bonds. The normalized spacial score (nSPS) is 15.4. The molecule has 6 rings (SSSR count). The molecule has 1 aliphatic carbocycles. The summed E-state index contributed by atoms with van der Waals surface area (Å²) in [6.45, 7) is 6.76. The van der Waals surface area contributed by atoms with E-state index in [2.05, 4.69) is 113 Å². The van der Waals surface area contributed by atoms with Gasteiger partial charge in [-0.3, -0.25) is 73.1 Å². The van der Waals surface area contributed by atoms with E-state index < -0.39 is 175 Å². The second kappa shape index (κ2) is 44.1. The standard InChI is InChI=1S/C72H98N20O17S2/c1-4-15-47(83-57(94)34-80-72(108)109-36-45-43-20-9-7-18-41(43)42-19-8-10-21-44(42)45)62(100)86-51(26-30-110)65(103)90-54(35-93)67(105)89-53(33-58(95)96)69(107)92-29-14-25-56(92)68(106)87-50(24-13-28-79-71(76)77)63(101)84-48(16-5-2)61(99)81-38(3)60(98)88-52(32-40-31-39-17-6-11-22-46(39)82-40)66(104)85-49(23-12-27-78-70(74)75)64(102)91-55(37-111)59(73)97/h4-11,17-22,31,38,45,47-56,82,93,110-111H,1-2,12-16,23-30,32-37H2,3H3,(H2,73,97)(H,80,108)(H,81,99)(H,83,94)(H,84,101)(H,85,104)(H,86,100)(H,87,106)(H,88,98)(H,89,105)(H,90,103)(H,91,102)(H,95,96)(H4,74,75,78)(H4,76,77,79)/t38-,47-,48-,49-,50-,51-,52-,53-,54-,55-,56?/m0/s1. The summed E-state index contributed by atoms with van der Waals surface area (Å²) in [5.41, 5.74) is 21.5. The van der Waals surface area contributed by atoms with Crippen LogP contribution in [-0.4, -0.2) is 232 Å². The van der Waals surface area contributed by atoms with Crippen LogP contribution in [-0.2, 0) is 73.5 Å². The molecule has 111 heavy (non-hydrogen) atoms. The molecule has 1 fully saturated rings. The van der Waals surface area contributed by atoms with Crippen LogP contribution in [0.1, 0.15) is 93.9 Å². The quantitative estimate of drug-likeness (QED) is 0.00689. The molecule has 37 nitrogen and oxygen atoms in total. The number of aliphatic hydroxyl groups excluding tert-OH is 1. The van der Waals surface area contributed by atoms with Crippen molar-refractivity contribution in [1.29, 1.82) is 10.8 Å². The van der Waals surface area contributed by atoms with Crippen LogP contribution < -0.4 is 86.3 Å². The number of guanidine groups is 2. The number of fused-ring (bicyclic) bond motifs is 4. The van der Waals surface area contributed by atoms with Crippen LogP contribution in [0.5, 0.6) is 0 Å². The van der Waals surface area contributed by atoms with E-state index in [0.717, 1.165) is 32.5 Å². The summed E-state index contributed by atoms with van der Waals surface area (Å²) in [6, 6.07) is 7.73. The molecule has 0 radical (unpaired) electrons. The maximum Gasteiger partial charge on any atom is 0.407 e. The number of para-hydroxylation sites is 1. The number of hydrogen-bond acceptors (Lipinski definition) is 20. The van der Waals surface area contributed by atoms with Gasteiger partial charge in [-0.2, -0.15) is 25.3 Å². The monoisotopic (exact) mass is 1580 g/mol. The molecule has 0 spiro atoms. The first kappa shape index (κ1) is 88.2. The van der Waals surface area contributed by atoms with E-state index in [-0.39, 0.29) is 114 Å². The molecule has 39 heteroatoms. The van der Waals surface area contributed by atoms with Crippen LogP contribution in [0.4, 0.5) is 4.79 Å². The molecule has 0 bridgehead atoms. The molecule has 2 heterocycles. The van der Waals surface area contributed by atoms with Gasteiger partial charge in [-0.05, 0) is 110 Å². The van der Waals surface area contributed by atoms with E-state index in [4.69, 9.17) is 32.8 Å². The number of thiol groups is 2. The smallest absolute Gasteiger partial charge is 0.407 e. The van der Waals surface area contributed by atoms with Crippen molar-refractivity contribution in [2.24, 2.45) is 17.2 Å². The van der Waals surface area contributed by atoms with Gasteiger partial charge in [0.1, 0.15) is 79.6 Å². The first-order valence-electron chi connectivity index (χ1n) is 35.7. The number of nitrogens with one attached hydrogen (secondary N) is 16. The largest absolute Gasteiger partial charge is 0.481 e. The predicted molar refractivity (Wildman–Crippen MR) is 414 cm³/mol. The number of nitrogens with zero attached hydrogens (tertiary/aromatic N) is 1. The van der Waals surface area contributed by atoms with Crippen molar-refractivity contribution >= 4 is 131 Å². The van der Waals surface area contributed by atoms with Gasteiger partial charge in [0.05, 0.1) is 13.0 Å². The van der Waals surface area contributed by atoms with Crippen molar-refractivity contribution in [1.82, 2.24) is 79.0 Å². The molecule has 11 atom stereocenters. The summed E-state index contributed by atoms with van der Waals surface area (Å²) in [6.07, 6.45) is -0.128. The van der Waals surface area contributed by atoms with Gasteiger partial charge in [0.15, 0.2) is 11.9 Å². The number of primary amides is 1. The fraction of sp³-hybridized carbons (Fsp3) is 0.444. The number of aliphatic hydroxyl groups is 1. The molecule has 3 aromatic carbocycles. The highest BCUT2D eigenvalue weighted by Crippen LogP contribution is 2.44. The van der Waals surface area contributed by atoms with Crippen LogP contribution >= 0.6 is 25.3 Å². The van der Waals surface area contributed by atoms with Gasteiger partial charge in [-0.15, -0.1) is 13.2 Å². The summed E-state index contributed by atoms with van der Waals surface area (Å²) in [4.78, 5) is 196. The number of rotatable bonds is 45. The lowest BCUT2D eigenvalue weighted by atomic mass is 9.98. The van der Waals surface area contributed by atoms with Crippen LogP contribution in [0.3, 0.4) is 0 Å². The fourth-order valence-corrected chi connectivity index (χ4v) is 12.9. The molecule has 1 aromatic heterocycles. The number of carboxylic acid groups (broad SMARTS) is 1. The van der Waals surface area contributed by atoms with Gasteiger partial charge in [0.25, 0.3) is 0 Å². The number of aromatic amines is 1. The van der Waals surface area contributed by atoms with Crippen molar-refractivity contribution < 1.29 is 82.1 Å². The maximum atomic E-state index is 14.5. The van der Waals surface area contributed by atoms with E-state index in [1.807, 2.05) is 48.5 Å². The summed E-state index contributed by atoms with van der Waals surface area (Å²) in [5, 5.41) is 68.7. The van der Waals surface area contributed by atoms with Crippen molar-refractivity contribution in [2.75, 3.05) is 50.9 Å². The van der Waals surface area contributed by atoms with Crippen molar-refractivity contribution in [2.45, 2.75) is 150 Å². The number of nitrogens with two attached hydrogens (primary N) is 3. The number of benzene rings is 3. The number of aliphatic carboxylic acids is 1. The van der Waals surface area contributed by atoms with E-state index in [0.29, 0.717) is 11.2 Å². The Kier molecular flexibility index (Phi) is 35.0. The number of carbonyl (C=O) groups excluding carboxylic acids is 13. The van der Waals surface area contributed by atoms with Crippen LogP contribution in [0, 0.1) is 10.8 Å². The third-order valence-electron chi connectivity index (χ3n) is 18.0. The second-order valence-electron chi connectivity index (χ2n) is 26.2. The van der Waals surface area contributed by atoms with Gasteiger partial charge >= 0.3 is 12.1 Å². The van der Waals surface area contributed by atoms with Crippen molar-refractivity contribution in [3.8, 4) is 11.1 Å². The first-order chi connectivity index (χ1) is 53.0. The summed E-state index contributed by atoms with van der Waals surface area (Å²) < 4.78 is 5.51. The molecule has 0 saturated carbocycles. The molecule has 2 aliphatic rings. The lowest BCUT2D eigenvalue weighted by Crippen LogP contribution is -2.61. The number of carboxylic acids is 1. The lowest BCUT2D eigenvalue weighted by Gasteiger charge is -2.30. The van der Waals surface area contributed by atoms with E-state index >= 15 is 0 Å². The molecule has 1 aliphatic heterocycles.